The zero-order chi connectivity index (χ0) is 6.69. The van der Waals surface area contributed by atoms with Crippen LogP contribution < -0.4 is 11.3 Å². The van der Waals surface area contributed by atoms with Crippen molar-refractivity contribution >= 4 is 22.7 Å². The lowest BCUT2D eigenvalue weighted by Crippen LogP contribution is -2.06. The molecule has 0 unspecified atom stereocenters. The highest BCUT2D eigenvalue weighted by Crippen LogP contribution is 2.05. The maximum absolute atomic E-state index is 12.3. The van der Waals surface area contributed by atoms with Crippen molar-refractivity contribution in [3.05, 3.63) is 30.1 Å². The molecule has 0 heterocycles. The number of benzene rings is 1. The fraction of sp³-hybridized carbons (Fsp3) is 0. The van der Waals surface area contributed by atoms with E-state index >= 15 is 0 Å². The van der Waals surface area contributed by atoms with Crippen molar-refractivity contribution in [1.29, 1.82) is 0 Å². The van der Waals surface area contributed by atoms with Gasteiger partial charge in [-0.3, -0.25) is 5.84 Å². The Kier molecular flexibility index (Phi) is 3.99. The first-order valence-corrected chi connectivity index (χ1v) is 2.55. The van der Waals surface area contributed by atoms with Gasteiger partial charge in [-0.05, 0) is 18.2 Å². The Morgan fingerprint density at radius 3 is 2.50 bits per heavy atom. The van der Waals surface area contributed by atoms with Gasteiger partial charge in [0, 0.05) is 0 Å². The van der Waals surface area contributed by atoms with Gasteiger partial charge in [-0.2, -0.15) is 0 Å². The Bertz CT molecular complexity index is 205. The summed E-state index contributed by atoms with van der Waals surface area (Å²) < 4.78 is 12.3. The van der Waals surface area contributed by atoms with E-state index in [1.165, 1.54) is 12.1 Å². The first kappa shape index (κ1) is 9.39. The smallest absolute Gasteiger partial charge is 0.125 e. The molecule has 0 radical (unpaired) electrons. The highest BCUT2D eigenvalue weighted by Gasteiger charge is 1.88. The van der Waals surface area contributed by atoms with Crippen LogP contribution in [-0.4, -0.2) is 0 Å². The van der Waals surface area contributed by atoms with Crippen molar-refractivity contribution < 1.29 is 4.39 Å². The van der Waals surface area contributed by atoms with Crippen LogP contribution in [0.25, 0.3) is 0 Å². The van der Waals surface area contributed by atoms with Crippen LogP contribution >= 0.6 is 17.0 Å². The number of hydrogen-bond acceptors (Lipinski definition) is 2. The number of anilines is 1. The minimum absolute atomic E-state index is 0. The summed E-state index contributed by atoms with van der Waals surface area (Å²) in [5.41, 5.74) is 2.91. The highest BCUT2D eigenvalue weighted by atomic mass is 79.9. The Morgan fingerprint density at radius 1 is 1.40 bits per heavy atom. The van der Waals surface area contributed by atoms with Crippen LogP contribution in [0.4, 0.5) is 10.1 Å². The average Bonchev–Trinajstić information content (AvgIpc) is 1.88. The topological polar surface area (TPSA) is 38.0 Å². The molecule has 0 aliphatic carbocycles. The molecule has 0 spiro atoms. The largest absolute Gasteiger partial charge is 0.324 e. The van der Waals surface area contributed by atoms with E-state index < -0.39 is 0 Å². The van der Waals surface area contributed by atoms with E-state index in [-0.39, 0.29) is 22.8 Å². The van der Waals surface area contributed by atoms with Crippen molar-refractivity contribution in [2.45, 2.75) is 0 Å². The molecule has 0 fully saturated rings. The third-order valence-corrected chi connectivity index (χ3v) is 0.991. The van der Waals surface area contributed by atoms with Gasteiger partial charge in [-0.1, -0.05) is 6.07 Å². The lowest BCUT2D eigenvalue weighted by molar-refractivity contribution is 0.628. The SMILES string of the molecule is Br.NNc1cccc(F)c1. The van der Waals surface area contributed by atoms with Gasteiger partial charge < -0.3 is 5.43 Å². The number of nitrogen functional groups attached to an aromatic ring is 1. The summed E-state index contributed by atoms with van der Waals surface area (Å²) in [6.07, 6.45) is 0. The number of hydrogen-bond donors (Lipinski definition) is 2. The Balaban J connectivity index is 0.000000810. The number of nitrogens with two attached hydrogens (primary N) is 1. The highest BCUT2D eigenvalue weighted by molar-refractivity contribution is 8.93. The molecule has 3 N–H and O–H groups in total. The van der Waals surface area contributed by atoms with Gasteiger partial charge in [0.15, 0.2) is 0 Å². The first-order chi connectivity index (χ1) is 4.33. The van der Waals surface area contributed by atoms with Crippen LogP contribution in [0, 0.1) is 5.82 Å². The zero-order valence-corrected chi connectivity index (χ0v) is 6.89. The summed E-state index contributed by atoms with van der Waals surface area (Å²) in [5.74, 6) is 4.72. The fourth-order valence-electron chi connectivity index (χ4n) is 0.578. The van der Waals surface area contributed by atoms with E-state index in [2.05, 4.69) is 5.43 Å². The predicted octanol–water partition coefficient (Wildman–Crippen LogP) is 1.69. The number of halogens is 2. The second-order valence-corrected chi connectivity index (χ2v) is 1.65. The molecule has 10 heavy (non-hydrogen) atoms. The molecule has 2 nitrogen and oxygen atoms in total. The molecule has 0 atom stereocenters. The van der Waals surface area contributed by atoms with Crippen LogP contribution in [0.1, 0.15) is 0 Å². The minimum atomic E-state index is -0.287. The summed E-state index contributed by atoms with van der Waals surface area (Å²) in [6.45, 7) is 0. The molecule has 0 amide bonds. The quantitative estimate of drug-likeness (QED) is 0.543. The fourth-order valence-corrected chi connectivity index (χ4v) is 0.578. The van der Waals surface area contributed by atoms with E-state index in [1.807, 2.05) is 0 Å². The molecule has 56 valence electrons. The number of hydrazine groups is 1. The van der Waals surface area contributed by atoms with Crippen molar-refractivity contribution in [3.63, 3.8) is 0 Å². The molecule has 1 rings (SSSR count). The van der Waals surface area contributed by atoms with E-state index in [9.17, 15) is 4.39 Å². The Morgan fingerprint density at radius 2 is 2.10 bits per heavy atom. The van der Waals surface area contributed by atoms with Crippen LogP contribution in [-0.2, 0) is 0 Å². The molecule has 1 aromatic rings. The summed E-state index contributed by atoms with van der Waals surface area (Å²) >= 11 is 0. The summed E-state index contributed by atoms with van der Waals surface area (Å²) in [7, 11) is 0. The predicted molar refractivity (Wildman–Crippen MR) is 44.5 cm³/mol. The van der Waals surface area contributed by atoms with Crippen molar-refractivity contribution in [1.82, 2.24) is 0 Å². The minimum Gasteiger partial charge on any atom is -0.324 e. The third kappa shape index (κ3) is 2.33. The van der Waals surface area contributed by atoms with E-state index in [1.54, 1.807) is 12.1 Å². The van der Waals surface area contributed by atoms with Gasteiger partial charge in [0.2, 0.25) is 0 Å². The van der Waals surface area contributed by atoms with Gasteiger partial charge >= 0.3 is 0 Å². The van der Waals surface area contributed by atoms with Gasteiger partial charge in [0.1, 0.15) is 5.82 Å². The maximum atomic E-state index is 12.3. The van der Waals surface area contributed by atoms with E-state index in [4.69, 9.17) is 5.84 Å². The lowest BCUT2D eigenvalue weighted by Gasteiger charge is -1.96. The van der Waals surface area contributed by atoms with Gasteiger partial charge in [0.05, 0.1) is 5.69 Å². The van der Waals surface area contributed by atoms with Crippen LogP contribution in [0.2, 0.25) is 0 Å². The summed E-state index contributed by atoms with van der Waals surface area (Å²) in [5, 5.41) is 0. The molecule has 0 aliphatic heterocycles. The van der Waals surface area contributed by atoms with Crippen molar-refractivity contribution in [2.24, 2.45) is 5.84 Å². The normalized spacial score (nSPS) is 8.20. The van der Waals surface area contributed by atoms with Gasteiger partial charge in [-0.15, -0.1) is 17.0 Å². The maximum Gasteiger partial charge on any atom is 0.125 e. The van der Waals surface area contributed by atoms with Crippen LogP contribution in [0.15, 0.2) is 24.3 Å². The average molecular weight is 207 g/mol. The first-order valence-electron chi connectivity index (χ1n) is 2.55. The standard InChI is InChI=1S/C6H7FN2.BrH/c7-5-2-1-3-6(4-5)9-8;/h1-4,9H,8H2;1H. The molecule has 0 saturated heterocycles. The number of nitrogens with one attached hydrogen (secondary N) is 1. The Labute approximate surface area is 69.0 Å². The van der Waals surface area contributed by atoms with Crippen LogP contribution in [0.5, 0.6) is 0 Å². The zero-order valence-electron chi connectivity index (χ0n) is 5.17. The molecule has 0 aliphatic rings. The monoisotopic (exact) mass is 206 g/mol. The van der Waals surface area contributed by atoms with Gasteiger partial charge in [-0.25, -0.2) is 4.39 Å². The molecule has 0 bridgehead atoms. The molecule has 1 aromatic carbocycles. The van der Waals surface area contributed by atoms with Crippen molar-refractivity contribution in [2.75, 3.05) is 5.43 Å². The second kappa shape index (κ2) is 4.24. The Hall–Kier alpha value is -0.610. The molecule has 0 saturated carbocycles. The molecular formula is C6H8BrFN2. The second-order valence-electron chi connectivity index (χ2n) is 1.65. The molecular weight excluding hydrogens is 199 g/mol. The van der Waals surface area contributed by atoms with E-state index in [0.29, 0.717) is 5.69 Å². The van der Waals surface area contributed by atoms with Gasteiger partial charge in [0.25, 0.3) is 0 Å². The molecule has 0 aromatic heterocycles. The number of rotatable bonds is 1. The summed E-state index contributed by atoms with van der Waals surface area (Å²) in [6, 6.07) is 5.95. The summed E-state index contributed by atoms with van der Waals surface area (Å²) in [4.78, 5) is 0. The van der Waals surface area contributed by atoms with E-state index in [0.717, 1.165) is 0 Å². The van der Waals surface area contributed by atoms with Crippen LogP contribution in [0.3, 0.4) is 0 Å². The van der Waals surface area contributed by atoms with Crippen molar-refractivity contribution in [3.8, 4) is 0 Å². The lowest BCUT2D eigenvalue weighted by atomic mass is 10.3. The third-order valence-electron chi connectivity index (χ3n) is 0.991. The molecule has 4 heteroatoms.